The van der Waals surface area contributed by atoms with Crippen molar-refractivity contribution < 1.29 is 0 Å². The van der Waals surface area contributed by atoms with Gasteiger partial charge in [0.1, 0.15) is 6.33 Å². The Labute approximate surface area is 647 Å². The van der Waals surface area contributed by atoms with E-state index in [-0.39, 0.29) is 0 Å². The Balaban J connectivity index is 0.000000141. The molecule has 0 bridgehead atoms. The first kappa shape index (κ1) is 65.3. The summed E-state index contributed by atoms with van der Waals surface area (Å²) >= 11 is 0. The molecule has 22 aromatic rings. The number of pyridine rings is 1. The second kappa shape index (κ2) is 27.6. The number of hydrogen-bond donors (Lipinski definition) is 0. The van der Waals surface area contributed by atoms with Crippen LogP contribution in [0.25, 0.3) is 199 Å². The molecule has 0 saturated carbocycles. The SMILES string of the molecule is c1cc(-c2cccc(-n3c4ccccc4c4ccccc43)c2)cc(-c2cc(-c3cccc(-c4cccc(-n5c6ccccc6c6ccccc65)c4)c3)ncn2)c1.c1cc(-c2cncc(-c3cccc(-c4cccc(-n5c6ccccc6c6ccccc65)c4)c3)c2)cc(-c2cccc(-n3c4ccccc4c4ccccc43)c2)c1. The fraction of sp³-hybridized carbons (Fsp3) is 0. The van der Waals surface area contributed by atoms with Crippen LogP contribution in [0.2, 0.25) is 0 Å². The minimum Gasteiger partial charge on any atom is -0.309 e. The Hall–Kier alpha value is -15.1. The van der Waals surface area contributed by atoms with Crippen LogP contribution in [0.1, 0.15) is 0 Å². The fourth-order valence-corrected chi connectivity index (χ4v) is 17.0. The second-order valence-electron chi connectivity index (χ2n) is 28.8. The molecular formula is C105H69N7. The van der Waals surface area contributed by atoms with Crippen molar-refractivity contribution in [2.24, 2.45) is 0 Å². The van der Waals surface area contributed by atoms with Gasteiger partial charge in [-0.05, 0) is 189 Å². The lowest BCUT2D eigenvalue weighted by molar-refractivity contribution is 1.17. The number of benzene rings is 16. The lowest BCUT2D eigenvalue weighted by Crippen LogP contribution is -1.94. The zero-order valence-electron chi connectivity index (χ0n) is 61.0. The van der Waals surface area contributed by atoms with E-state index in [0.29, 0.717) is 0 Å². The molecule has 0 spiro atoms. The predicted octanol–water partition coefficient (Wildman–Crippen LogP) is 27.3. The quantitative estimate of drug-likeness (QED) is 0.122. The number of aromatic nitrogens is 7. The zero-order valence-corrected chi connectivity index (χ0v) is 61.0. The maximum atomic E-state index is 4.75. The smallest absolute Gasteiger partial charge is 0.116 e. The maximum Gasteiger partial charge on any atom is 0.116 e. The van der Waals surface area contributed by atoms with Crippen molar-refractivity contribution in [2.75, 3.05) is 0 Å². The van der Waals surface area contributed by atoms with Gasteiger partial charge in [0, 0.05) is 100 Å². The molecule has 16 aromatic carbocycles. The molecule has 0 aliphatic rings. The van der Waals surface area contributed by atoms with Gasteiger partial charge in [-0.25, -0.2) is 9.97 Å². The molecule has 7 nitrogen and oxygen atoms in total. The number of para-hydroxylation sites is 8. The van der Waals surface area contributed by atoms with Gasteiger partial charge in [-0.1, -0.05) is 267 Å². The van der Waals surface area contributed by atoms with E-state index < -0.39 is 0 Å². The second-order valence-corrected chi connectivity index (χ2v) is 28.8. The van der Waals surface area contributed by atoms with E-state index in [1.165, 1.54) is 109 Å². The van der Waals surface area contributed by atoms with Crippen LogP contribution in [0, 0.1) is 0 Å². The molecular weight excluding hydrogens is 1360 g/mol. The van der Waals surface area contributed by atoms with E-state index in [9.17, 15) is 0 Å². The molecule has 524 valence electrons. The number of fused-ring (bicyclic) bond motifs is 12. The lowest BCUT2D eigenvalue weighted by Gasteiger charge is -2.12. The number of hydrogen-bond acceptors (Lipinski definition) is 3. The third-order valence-corrected chi connectivity index (χ3v) is 22.2. The monoisotopic (exact) mass is 1430 g/mol. The molecule has 0 aliphatic heterocycles. The first-order valence-electron chi connectivity index (χ1n) is 38.1. The van der Waals surface area contributed by atoms with Crippen LogP contribution in [0.3, 0.4) is 0 Å². The molecule has 0 saturated heterocycles. The summed E-state index contributed by atoms with van der Waals surface area (Å²) in [5, 5.41) is 10.1. The molecule has 0 aliphatic carbocycles. The van der Waals surface area contributed by atoms with Crippen LogP contribution in [0.5, 0.6) is 0 Å². The molecule has 0 radical (unpaired) electrons. The summed E-state index contributed by atoms with van der Waals surface area (Å²) in [6, 6.07) is 144. The Morgan fingerprint density at radius 3 is 0.589 bits per heavy atom. The normalized spacial score (nSPS) is 11.6. The van der Waals surface area contributed by atoms with E-state index in [4.69, 9.17) is 15.0 Å². The van der Waals surface area contributed by atoms with Gasteiger partial charge >= 0.3 is 0 Å². The van der Waals surface area contributed by atoms with E-state index in [1.54, 1.807) is 6.33 Å². The average Bonchev–Trinajstić information content (AvgIpc) is 1.62. The first-order chi connectivity index (χ1) is 55.5. The van der Waals surface area contributed by atoms with Gasteiger partial charge in [-0.3, -0.25) is 4.98 Å². The summed E-state index contributed by atoms with van der Waals surface area (Å²) in [4.78, 5) is 14.2. The van der Waals surface area contributed by atoms with Gasteiger partial charge in [0.2, 0.25) is 0 Å². The summed E-state index contributed by atoms with van der Waals surface area (Å²) in [6.07, 6.45) is 5.61. The minimum absolute atomic E-state index is 0.883. The molecule has 112 heavy (non-hydrogen) atoms. The highest BCUT2D eigenvalue weighted by Crippen LogP contribution is 2.41. The molecule has 0 amide bonds. The Morgan fingerprint density at radius 2 is 0.339 bits per heavy atom. The van der Waals surface area contributed by atoms with Gasteiger partial charge in [0.15, 0.2) is 0 Å². The first-order valence-corrected chi connectivity index (χ1v) is 38.1. The summed E-state index contributed by atoms with van der Waals surface area (Å²) in [5.74, 6) is 0. The third-order valence-electron chi connectivity index (χ3n) is 22.2. The van der Waals surface area contributed by atoms with Crippen molar-refractivity contribution in [2.45, 2.75) is 0 Å². The summed E-state index contributed by atoms with van der Waals surface area (Å²) in [6.45, 7) is 0. The molecule has 22 rings (SSSR count). The predicted molar refractivity (Wildman–Crippen MR) is 467 cm³/mol. The van der Waals surface area contributed by atoms with Crippen LogP contribution in [-0.4, -0.2) is 33.2 Å². The highest BCUT2D eigenvalue weighted by atomic mass is 15.0. The van der Waals surface area contributed by atoms with Crippen molar-refractivity contribution in [1.82, 2.24) is 33.2 Å². The van der Waals surface area contributed by atoms with Crippen LogP contribution in [0.4, 0.5) is 0 Å². The third kappa shape index (κ3) is 11.6. The van der Waals surface area contributed by atoms with E-state index >= 15 is 0 Å². The highest BCUT2D eigenvalue weighted by Gasteiger charge is 2.19. The molecule has 0 unspecified atom stereocenters. The van der Waals surface area contributed by atoms with Crippen LogP contribution in [-0.2, 0) is 0 Å². The molecule has 0 fully saturated rings. The van der Waals surface area contributed by atoms with Crippen LogP contribution >= 0.6 is 0 Å². The molecule has 6 aromatic heterocycles. The topological polar surface area (TPSA) is 58.4 Å². The Morgan fingerprint density at radius 1 is 0.152 bits per heavy atom. The average molecular weight is 1430 g/mol. The largest absolute Gasteiger partial charge is 0.309 e. The van der Waals surface area contributed by atoms with Crippen LogP contribution in [0.15, 0.2) is 419 Å². The molecule has 7 heteroatoms. The Bertz CT molecular complexity index is 6340. The van der Waals surface area contributed by atoms with E-state index in [2.05, 4.69) is 419 Å². The van der Waals surface area contributed by atoms with E-state index in [1.807, 2.05) is 12.4 Å². The van der Waals surface area contributed by atoms with Crippen LogP contribution < -0.4 is 0 Å². The molecule has 6 heterocycles. The van der Waals surface area contributed by atoms with Gasteiger partial charge in [0.05, 0.1) is 55.5 Å². The lowest BCUT2D eigenvalue weighted by atomic mass is 9.96. The Kier molecular flexibility index (Phi) is 16.1. The highest BCUT2D eigenvalue weighted by molar-refractivity contribution is 6.12. The summed E-state index contributed by atoms with van der Waals surface area (Å²) in [7, 11) is 0. The van der Waals surface area contributed by atoms with E-state index in [0.717, 1.165) is 89.8 Å². The van der Waals surface area contributed by atoms with Crippen molar-refractivity contribution in [3.63, 3.8) is 0 Å². The number of rotatable bonds is 12. The van der Waals surface area contributed by atoms with Gasteiger partial charge in [-0.2, -0.15) is 0 Å². The van der Waals surface area contributed by atoms with Crippen molar-refractivity contribution in [3.05, 3.63) is 419 Å². The molecule has 0 N–H and O–H groups in total. The van der Waals surface area contributed by atoms with Gasteiger partial charge in [0.25, 0.3) is 0 Å². The zero-order chi connectivity index (χ0) is 74.0. The number of nitrogens with zero attached hydrogens (tertiary/aromatic N) is 7. The maximum absolute atomic E-state index is 4.75. The standard InChI is InChI=1S/C53H35N3.C52H34N4/c1-5-25-50-46(21-1)47-22-2-6-26-51(47)55(50)44-19-11-17-40(32-44)36-13-9-15-38(29-36)42-31-43(35-54-34-42)39-16-10-14-37(30-39)41-18-12-20-45(33-41)56-52-27-7-3-23-48(52)49-24-4-8-28-53(49)56;1-5-25-49-43(21-1)44-22-2-6-26-50(44)55(49)41-19-11-15-37(31-41)35-13-9-17-39(29-35)47-33-48(54-34-53-47)40-18-10-14-36(30-40)38-16-12-20-42(32-38)56-51-27-7-3-23-45(51)46-24-4-8-28-52(46)56/h1-35H;1-34H. The van der Waals surface area contributed by atoms with Crippen molar-refractivity contribution >= 4 is 87.2 Å². The van der Waals surface area contributed by atoms with Crippen molar-refractivity contribution in [1.29, 1.82) is 0 Å². The molecule has 0 atom stereocenters. The fourth-order valence-electron chi connectivity index (χ4n) is 17.0. The summed E-state index contributed by atoms with van der Waals surface area (Å²) in [5.41, 5.74) is 31.8. The van der Waals surface area contributed by atoms with Gasteiger partial charge < -0.3 is 18.3 Å². The summed E-state index contributed by atoms with van der Waals surface area (Å²) < 4.78 is 9.48. The van der Waals surface area contributed by atoms with Gasteiger partial charge in [-0.15, -0.1) is 0 Å². The minimum atomic E-state index is 0.883. The van der Waals surface area contributed by atoms with Crippen molar-refractivity contribution in [3.8, 4) is 112 Å².